The predicted molar refractivity (Wildman–Crippen MR) is 90.9 cm³/mol. The maximum absolute atomic E-state index is 13.8. The predicted octanol–water partition coefficient (Wildman–Crippen LogP) is 3.41. The van der Waals surface area contributed by atoms with Crippen molar-refractivity contribution in [1.29, 1.82) is 0 Å². The van der Waals surface area contributed by atoms with Crippen molar-refractivity contribution < 1.29 is 28.2 Å². The molecule has 2 rings (SSSR count). The van der Waals surface area contributed by atoms with E-state index >= 15 is 0 Å². The lowest BCUT2D eigenvalue weighted by molar-refractivity contribution is -0.139. The second-order valence-electron chi connectivity index (χ2n) is 5.84. The lowest BCUT2D eigenvalue weighted by atomic mass is 9.98. The van der Waals surface area contributed by atoms with Crippen LogP contribution in [0, 0.1) is 11.6 Å². The van der Waals surface area contributed by atoms with Crippen molar-refractivity contribution in [2.45, 2.75) is 25.8 Å². The molecule has 0 saturated carbocycles. The zero-order chi connectivity index (χ0) is 19.3. The number of amides is 1. The summed E-state index contributed by atoms with van der Waals surface area (Å²) in [5, 5.41) is 11.3. The first kappa shape index (κ1) is 19.4. The van der Waals surface area contributed by atoms with Gasteiger partial charge < -0.3 is 15.2 Å². The van der Waals surface area contributed by atoms with E-state index in [1.807, 2.05) is 0 Å². The summed E-state index contributed by atoms with van der Waals surface area (Å²) in [5.41, 5.74) is 0.469. The number of carboxylic acid groups (broad SMARTS) is 1. The summed E-state index contributed by atoms with van der Waals surface area (Å²) in [6.07, 6.45) is 0. The largest absolute Gasteiger partial charge is 0.482 e. The fourth-order valence-electron chi connectivity index (χ4n) is 2.47. The van der Waals surface area contributed by atoms with Crippen LogP contribution in [0.25, 0.3) is 0 Å². The smallest absolute Gasteiger partial charge is 0.341 e. The van der Waals surface area contributed by atoms with Crippen LogP contribution < -0.4 is 10.1 Å². The van der Waals surface area contributed by atoms with Crippen LogP contribution in [-0.2, 0) is 9.59 Å². The van der Waals surface area contributed by atoms with Gasteiger partial charge >= 0.3 is 5.97 Å². The molecular formula is C19H19F2NO4. The highest BCUT2D eigenvalue weighted by molar-refractivity contribution is 5.83. The quantitative estimate of drug-likeness (QED) is 0.790. The van der Waals surface area contributed by atoms with Gasteiger partial charge in [-0.3, -0.25) is 4.79 Å². The van der Waals surface area contributed by atoms with E-state index in [4.69, 9.17) is 9.84 Å². The van der Waals surface area contributed by atoms with E-state index in [1.54, 1.807) is 31.2 Å². The molecule has 0 saturated heterocycles. The highest BCUT2D eigenvalue weighted by Crippen LogP contribution is 2.24. The first-order valence-corrected chi connectivity index (χ1v) is 7.98. The standard InChI is InChI=1S/C19H19F2NO4/c1-11(18-15(20)4-3-5-16(18)21)19(25)22-12(2)13-6-8-14(9-7-13)26-10-17(23)24/h3-9,11-12H,10H2,1-2H3,(H,22,25)(H,23,24)/t11-,12-/m0/s1. The number of aliphatic carboxylic acids is 1. The number of rotatable bonds is 7. The molecule has 0 unspecified atom stereocenters. The monoisotopic (exact) mass is 363 g/mol. The molecule has 2 aromatic rings. The number of hydrogen-bond acceptors (Lipinski definition) is 3. The molecule has 2 atom stereocenters. The van der Waals surface area contributed by atoms with Gasteiger partial charge in [-0.2, -0.15) is 0 Å². The van der Waals surface area contributed by atoms with Crippen LogP contribution in [0.4, 0.5) is 8.78 Å². The van der Waals surface area contributed by atoms with Crippen molar-refractivity contribution in [3.63, 3.8) is 0 Å². The molecule has 0 aliphatic rings. The van der Waals surface area contributed by atoms with Gasteiger partial charge in [0.25, 0.3) is 0 Å². The van der Waals surface area contributed by atoms with Gasteiger partial charge in [-0.05, 0) is 43.7 Å². The van der Waals surface area contributed by atoms with Crippen molar-refractivity contribution in [2.75, 3.05) is 6.61 Å². The Labute approximate surface area is 149 Å². The zero-order valence-corrected chi connectivity index (χ0v) is 14.3. The molecule has 2 aromatic carbocycles. The number of carbonyl (C=O) groups excluding carboxylic acids is 1. The van der Waals surface area contributed by atoms with Gasteiger partial charge in [0, 0.05) is 5.56 Å². The second-order valence-corrected chi connectivity index (χ2v) is 5.84. The Morgan fingerprint density at radius 3 is 2.19 bits per heavy atom. The minimum absolute atomic E-state index is 0.269. The number of benzene rings is 2. The fraction of sp³-hybridized carbons (Fsp3) is 0.263. The average molecular weight is 363 g/mol. The van der Waals surface area contributed by atoms with Crippen molar-refractivity contribution >= 4 is 11.9 Å². The van der Waals surface area contributed by atoms with Gasteiger partial charge in [0.05, 0.1) is 12.0 Å². The van der Waals surface area contributed by atoms with E-state index in [-0.39, 0.29) is 5.56 Å². The van der Waals surface area contributed by atoms with Gasteiger partial charge in [0.1, 0.15) is 17.4 Å². The molecule has 0 radical (unpaired) electrons. The van der Waals surface area contributed by atoms with E-state index in [1.165, 1.54) is 13.0 Å². The van der Waals surface area contributed by atoms with Gasteiger partial charge in [-0.15, -0.1) is 0 Å². The molecule has 138 valence electrons. The molecule has 26 heavy (non-hydrogen) atoms. The topological polar surface area (TPSA) is 75.6 Å². The molecule has 0 heterocycles. The molecule has 2 N–H and O–H groups in total. The van der Waals surface area contributed by atoms with Crippen LogP contribution >= 0.6 is 0 Å². The number of ether oxygens (including phenoxy) is 1. The van der Waals surface area contributed by atoms with Crippen LogP contribution in [0.2, 0.25) is 0 Å². The number of hydrogen-bond donors (Lipinski definition) is 2. The van der Waals surface area contributed by atoms with Crippen LogP contribution in [-0.4, -0.2) is 23.6 Å². The minimum atomic E-state index is -1.08. The lowest BCUT2D eigenvalue weighted by Gasteiger charge is -2.19. The molecular weight excluding hydrogens is 344 g/mol. The summed E-state index contributed by atoms with van der Waals surface area (Å²) in [5.74, 6) is -3.72. The van der Waals surface area contributed by atoms with Gasteiger partial charge in [-0.25, -0.2) is 13.6 Å². The summed E-state index contributed by atoms with van der Waals surface area (Å²) in [6, 6.07) is 9.58. The third-order valence-electron chi connectivity index (χ3n) is 3.93. The Morgan fingerprint density at radius 2 is 1.65 bits per heavy atom. The fourth-order valence-corrected chi connectivity index (χ4v) is 2.47. The summed E-state index contributed by atoms with van der Waals surface area (Å²) in [4.78, 5) is 22.8. The Bertz CT molecular complexity index is 772. The van der Waals surface area contributed by atoms with E-state index in [9.17, 15) is 18.4 Å². The van der Waals surface area contributed by atoms with Crippen molar-refractivity contribution in [2.24, 2.45) is 0 Å². The molecule has 5 nitrogen and oxygen atoms in total. The molecule has 0 spiro atoms. The Balaban J connectivity index is 2.03. The van der Waals surface area contributed by atoms with E-state index in [2.05, 4.69) is 5.32 Å². The van der Waals surface area contributed by atoms with Crippen molar-refractivity contribution in [3.05, 3.63) is 65.2 Å². The number of nitrogens with one attached hydrogen (secondary N) is 1. The lowest BCUT2D eigenvalue weighted by Crippen LogP contribution is -2.31. The molecule has 7 heteroatoms. The van der Waals surface area contributed by atoms with Gasteiger partial charge in [0.15, 0.2) is 6.61 Å². The zero-order valence-electron chi connectivity index (χ0n) is 14.3. The third-order valence-corrected chi connectivity index (χ3v) is 3.93. The van der Waals surface area contributed by atoms with Crippen LogP contribution in [0.5, 0.6) is 5.75 Å². The van der Waals surface area contributed by atoms with Crippen molar-refractivity contribution in [1.82, 2.24) is 5.32 Å². The summed E-state index contributed by atoms with van der Waals surface area (Å²) in [6.45, 7) is 2.72. The molecule has 0 fully saturated rings. The molecule has 0 aliphatic heterocycles. The Hall–Kier alpha value is -2.96. The van der Waals surface area contributed by atoms with E-state index in [0.717, 1.165) is 17.7 Å². The SMILES string of the molecule is C[C@H](NC(=O)[C@@H](C)c1c(F)cccc1F)c1ccc(OCC(=O)O)cc1. The normalized spacial score (nSPS) is 12.9. The van der Waals surface area contributed by atoms with E-state index < -0.39 is 42.1 Å². The molecule has 0 aromatic heterocycles. The Morgan fingerprint density at radius 1 is 1.08 bits per heavy atom. The molecule has 0 bridgehead atoms. The van der Waals surface area contributed by atoms with Crippen LogP contribution in [0.1, 0.15) is 36.9 Å². The average Bonchev–Trinajstić information content (AvgIpc) is 2.60. The highest BCUT2D eigenvalue weighted by Gasteiger charge is 2.23. The molecule has 1 amide bonds. The van der Waals surface area contributed by atoms with Crippen molar-refractivity contribution in [3.8, 4) is 5.75 Å². The van der Waals surface area contributed by atoms with E-state index in [0.29, 0.717) is 5.75 Å². The first-order valence-electron chi connectivity index (χ1n) is 7.98. The summed E-state index contributed by atoms with van der Waals surface area (Å²) < 4.78 is 32.7. The first-order chi connectivity index (χ1) is 12.3. The maximum atomic E-state index is 13.8. The highest BCUT2D eigenvalue weighted by atomic mass is 19.1. The van der Waals surface area contributed by atoms with Gasteiger partial charge in [0.2, 0.25) is 5.91 Å². The number of carboxylic acids is 1. The number of carbonyl (C=O) groups is 2. The van der Waals surface area contributed by atoms with Gasteiger partial charge in [-0.1, -0.05) is 18.2 Å². The number of halogens is 2. The summed E-state index contributed by atoms with van der Waals surface area (Å²) in [7, 11) is 0. The summed E-state index contributed by atoms with van der Waals surface area (Å²) >= 11 is 0. The minimum Gasteiger partial charge on any atom is -0.482 e. The van der Waals surface area contributed by atoms with Crippen LogP contribution in [0.3, 0.4) is 0 Å². The van der Waals surface area contributed by atoms with Crippen LogP contribution in [0.15, 0.2) is 42.5 Å². The maximum Gasteiger partial charge on any atom is 0.341 e. The molecule has 0 aliphatic carbocycles. The second kappa shape index (κ2) is 8.42. The third kappa shape index (κ3) is 4.78. The Kier molecular flexibility index (Phi) is 6.27.